The van der Waals surface area contributed by atoms with Gasteiger partial charge in [-0.15, -0.1) is 0 Å². The Morgan fingerprint density at radius 3 is 2.74 bits per heavy atom. The minimum atomic E-state index is -0.205. The van der Waals surface area contributed by atoms with E-state index < -0.39 is 0 Å². The number of nitrogens with one attached hydrogen (secondary N) is 1. The number of benzene rings is 1. The third kappa shape index (κ3) is 6.02. The maximum Gasteiger partial charge on any atom is 0.124 e. The fraction of sp³-hybridized carbons (Fsp3) is 0.600. The molecule has 1 N–H and O–H groups in total. The molecule has 0 spiro atoms. The van der Waals surface area contributed by atoms with Crippen molar-refractivity contribution >= 4 is 15.9 Å². The Balaban J connectivity index is 2.66. The summed E-state index contributed by atoms with van der Waals surface area (Å²) in [5.74, 6) is 0.302. The summed E-state index contributed by atoms with van der Waals surface area (Å²) in [6.45, 7) is 6.00. The molecule has 2 atom stereocenters. The minimum absolute atomic E-state index is 0.205. The van der Waals surface area contributed by atoms with E-state index in [0.29, 0.717) is 12.0 Å². The van der Waals surface area contributed by atoms with Crippen LogP contribution < -0.4 is 5.32 Å². The summed E-state index contributed by atoms with van der Waals surface area (Å²) in [4.78, 5) is 0. The van der Waals surface area contributed by atoms with Crippen LogP contribution in [0.15, 0.2) is 22.7 Å². The molecule has 2 nitrogen and oxygen atoms in total. The quantitative estimate of drug-likeness (QED) is 0.782. The van der Waals surface area contributed by atoms with E-state index in [-0.39, 0.29) is 5.82 Å². The predicted octanol–water partition coefficient (Wildman–Crippen LogP) is 3.78. The van der Waals surface area contributed by atoms with Gasteiger partial charge in [0.15, 0.2) is 0 Å². The molecular weight excluding hydrogens is 309 g/mol. The Morgan fingerprint density at radius 1 is 1.42 bits per heavy atom. The summed E-state index contributed by atoms with van der Waals surface area (Å²) in [6, 6.07) is 5.28. The van der Waals surface area contributed by atoms with Crippen LogP contribution in [0, 0.1) is 11.7 Å². The Kier molecular flexibility index (Phi) is 7.57. The van der Waals surface area contributed by atoms with E-state index in [4.69, 9.17) is 4.74 Å². The van der Waals surface area contributed by atoms with Gasteiger partial charge >= 0.3 is 0 Å². The van der Waals surface area contributed by atoms with Gasteiger partial charge in [0.1, 0.15) is 5.82 Å². The van der Waals surface area contributed by atoms with Gasteiger partial charge in [0.25, 0.3) is 0 Å². The highest BCUT2D eigenvalue weighted by Crippen LogP contribution is 2.21. The molecule has 108 valence electrons. The molecular formula is C15H23BrFNO. The molecule has 1 aromatic rings. The highest BCUT2D eigenvalue weighted by molar-refractivity contribution is 9.10. The second-order valence-corrected chi connectivity index (χ2v) is 5.85. The zero-order valence-electron chi connectivity index (χ0n) is 11.9. The van der Waals surface area contributed by atoms with Crippen LogP contribution in [0.4, 0.5) is 4.39 Å². The fourth-order valence-corrected chi connectivity index (χ4v) is 2.83. The van der Waals surface area contributed by atoms with E-state index >= 15 is 0 Å². The number of ether oxygens (including phenoxy) is 1. The zero-order valence-corrected chi connectivity index (χ0v) is 13.5. The summed E-state index contributed by atoms with van der Waals surface area (Å²) < 4.78 is 19.1. The molecule has 0 saturated carbocycles. The third-order valence-corrected chi connectivity index (χ3v) is 3.85. The number of rotatable bonds is 8. The van der Waals surface area contributed by atoms with E-state index in [2.05, 4.69) is 35.1 Å². The van der Waals surface area contributed by atoms with Gasteiger partial charge in [0.05, 0.1) is 0 Å². The van der Waals surface area contributed by atoms with Gasteiger partial charge in [-0.05, 0) is 43.0 Å². The van der Waals surface area contributed by atoms with Crippen LogP contribution in [-0.2, 0) is 11.2 Å². The van der Waals surface area contributed by atoms with Gasteiger partial charge in [0.2, 0.25) is 0 Å². The fourth-order valence-electron chi connectivity index (χ4n) is 2.32. The molecule has 0 bridgehead atoms. The van der Waals surface area contributed by atoms with Crippen molar-refractivity contribution in [2.75, 3.05) is 20.3 Å². The predicted molar refractivity (Wildman–Crippen MR) is 80.9 cm³/mol. The van der Waals surface area contributed by atoms with E-state index in [1.807, 2.05) is 6.07 Å². The third-order valence-electron chi connectivity index (χ3n) is 3.11. The number of hydrogen-bond acceptors (Lipinski definition) is 2. The minimum Gasteiger partial charge on any atom is -0.384 e. The van der Waals surface area contributed by atoms with Crippen molar-refractivity contribution in [3.05, 3.63) is 34.1 Å². The number of methoxy groups -OCH3 is 1. The SMILES string of the molecule is CCNC(Cc1ccc(F)cc1Br)CC(C)COC. The van der Waals surface area contributed by atoms with E-state index in [9.17, 15) is 4.39 Å². The van der Waals surface area contributed by atoms with Crippen LogP contribution in [0.25, 0.3) is 0 Å². The molecule has 1 aromatic carbocycles. The smallest absolute Gasteiger partial charge is 0.124 e. The van der Waals surface area contributed by atoms with Gasteiger partial charge < -0.3 is 10.1 Å². The lowest BCUT2D eigenvalue weighted by Crippen LogP contribution is -2.33. The first-order valence-corrected chi connectivity index (χ1v) is 7.52. The van der Waals surface area contributed by atoms with E-state index in [1.165, 1.54) is 12.1 Å². The maximum absolute atomic E-state index is 13.1. The van der Waals surface area contributed by atoms with Gasteiger partial charge in [-0.1, -0.05) is 35.8 Å². The number of halogens is 2. The van der Waals surface area contributed by atoms with Crippen LogP contribution in [0.2, 0.25) is 0 Å². The molecule has 2 unspecified atom stereocenters. The highest BCUT2D eigenvalue weighted by Gasteiger charge is 2.14. The molecule has 1 rings (SSSR count). The van der Waals surface area contributed by atoms with Crippen molar-refractivity contribution in [3.63, 3.8) is 0 Å². The van der Waals surface area contributed by atoms with Crippen LogP contribution in [-0.4, -0.2) is 26.3 Å². The lowest BCUT2D eigenvalue weighted by molar-refractivity contribution is 0.149. The Morgan fingerprint density at radius 2 is 2.16 bits per heavy atom. The molecule has 0 amide bonds. The summed E-state index contributed by atoms with van der Waals surface area (Å²) >= 11 is 3.43. The van der Waals surface area contributed by atoms with E-state index in [0.717, 1.165) is 36.0 Å². The molecule has 4 heteroatoms. The Labute approximate surface area is 123 Å². The molecule has 0 radical (unpaired) electrons. The molecule has 0 saturated heterocycles. The monoisotopic (exact) mass is 331 g/mol. The molecule has 0 aliphatic rings. The van der Waals surface area contributed by atoms with Crippen molar-refractivity contribution in [2.45, 2.75) is 32.7 Å². The summed E-state index contributed by atoms with van der Waals surface area (Å²) in [5.41, 5.74) is 1.14. The van der Waals surface area contributed by atoms with Gasteiger partial charge in [-0.2, -0.15) is 0 Å². The summed E-state index contributed by atoms with van der Waals surface area (Å²) in [6.07, 6.45) is 1.94. The maximum atomic E-state index is 13.1. The average Bonchev–Trinajstić information content (AvgIpc) is 2.33. The van der Waals surface area contributed by atoms with Crippen molar-refractivity contribution in [2.24, 2.45) is 5.92 Å². The van der Waals surface area contributed by atoms with E-state index in [1.54, 1.807) is 7.11 Å². The zero-order chi connectivity index (χ0) is 14.3. The second kappa shape index (κ2) is 8.67. The lowest BCUT2D eigenvalue weighted by atomic mass is 9.96. The van der Waals surface area contributed by atoms with Crippen molar-refractivity contribution < 1.29 is 9.13 Å². The molecule has 19 heavy (non-hydrogen) atoms. The summed E-state index contributed by atoms with van der Waals surface area (Å²) in [7, 11) is 1.73. The number of likely N-dealkylation sites (N-methyl/N-ethyl adjacent to an activating group) is 1. The molecule has 0 aliphatic carbocycles. The average molecular weight is 332 g/mol. The van der Waals surface area contributed by atoms with Crippen molar-refractivity contribution in [1.82, 2.24) is 5.32 Å². The van der Waals surface area contributed by atoms with Gasteiger partial charge in [-0.25, -0.2) is 4.39 Å². The first kappa shape index (κ1) is 16.6. The topological polar surface area (TPSA) is 21.3 Å². The first-order valence-electron chi connectivity index (χ1n) is 6.73. The standard InChI is InChI=1S/C15H23BrFNO/c1-4-18-14(7-11(2)10-19-3)8-12-5-6-13(17)9-15(12)16/h5-6,9,11,14,18H,4,7-8,10H2,1-3H3. The van der Waals surface area contributed by atoms with Gasteiger partial charge in [-0.3, -0.25) is 0 Å². The van der Waals surface area contributed by atoms with Crippen LogP contribution in [0.1, 0.15) is 25.8 Å². The Hall–Kier alpha value is -0.450. The molecule has 0 heterocycles. The van der Waals surface area contributed by atoms with Crippen molar-refractivity contribution in [3.8, 4) is 0 Å². The summed E-state index contributed by atoms with van der Waals surface area (Å²) in [5, 5.41) is 3.49. The molecule has 0 fully saturated rings. The number of hydrogen-bond donors (Lipinski definition) is 1. The van der Waals surface area contributed by atoms with Crippen molar-refractivity contribution in [1.29, 1.82) is 0 Å². The second-order valence-electron chi connectivity index (χ2n) is 4.99. The molecule has 0 aliphatic heterocycles. The molecule has 0 aromatic heterocycles. The Bertz CT molecular complexity index is 386. The normalized spacial score (nSPS) is 14.4. The van der Waals surface area contributed by atoms with Gasteiger partial charge in [0, 0.05) is 24.2 Å². The lowest BCUT2D eigenvalue weighted by Gasteiger charge is -2.22. The van der Waals surface area contributed by atoms with Crippen LogP contribution in [0.5, 0.6) is 0 Å². The largest absolute Gasteiger partial charge is 0.384 e. The van der Waals surface area contributed by atoms with Crippen LogP contribution >= 0.6 is 15.9 Å². The highest BCUT2D eigenvalue weighted by atomic mass is 79.9. The first-order chi connectivity index (χ1) is 9.06. The van der Waals surface area contributed by atoms with Crippen LogP contribution in [0.3, 0.4) is 0 Å².